The van der Waals surface area contributed by atoms with Crippen molar-refractivity contribution in [3.63, 3.8) is 0 Å². The molecular formula is C31H33N5O3. The fourth-order valence-electron chi connectivity index (χ4n) is 5.04. The lowest BCUT2D eigenvalue weighted by molar-refractivity contribution is -0.112. The van der Waals surface area contributed by atoms with Gasteiger partial charge in [-0.3, -0.25) is 9.59 Å². The summed E-state index contributed by atoms with van der Waals surface area (Å²) in [4.78, 5) is 29.4. The summed E-state index contributed by atoms with van der Waals surface area (Å²) in [7, 11) is 3.55. The molecule has 200 valence electrons. The van der Waals surface area contributed by atoms with Gasteiger partial charge in [-0.05, 0) is 67.1 Å². The maximum Gasteiger partial charge on any atom is 0.255 e. The molecule has 2 aromatic carbocycles. The molecule has 39 heavy (non-hydrogen) atoms. The summed E-state index contributed by atoms with van der Waals surface area (Å²) < 4.78 is 7.76. The van der Waals surface area contributed by atoms with E-state index in [1.807, 2.05) is 49.5 Å². The fraction of sp³-hybridized carbons (Fsp3) is 0.258. The highest BCUT2D eigenvalue weighted by molar-refractivity contribution is 6.10. The van der Waals surface area contributed by atoms with Gasteiger partial charge >= 0.3 is 0 Å². The van der Waals surface area contributed by atoms with Gasteiger partial charge < -0.3 is 25.7 Å². The molecule has 0 bridgehead atoms. The highest BCUT2D eigenvalue weighted by Crippen LogP contribution is 2.43. The van der Waals surface area contributed by atoms with E-state index in [1.165, 1.54) is 6.42 Å². The normalized spacial score (nSPS) is 13.1. The van der Waals surface area contributed by atoms with E-state index in [2.05, 4.69) is 26.8 Å². The molecule has 0 unspecified atom stereocenters. The number of anilines is 2. The Hall–Kier alpha value is -4.59. The first-order valence-corrected chi connectivity index (χ1v) is 13.0. The summed E-state index contributed by atoms with van der Waals surface area (Å²) in [6.07, 6.45) is 5.25. The molecule has 4 N–H and O–H groups in total. The van der Waals surface area contributed by atoms with Crippen LogP contribution >= 0.6 is 0 Å². The molecule has 2 amide bonds. The third-order valence-corrected chi connectivity index (χ3v) is 7.46. The second-order valence-electron chi connectivity index (χ2n) is 10.1. The Morgan fingerprint density at radius 1 is 1.13 bits per heavy atom. The maximum absolute atomic E-state index is 13.0. The molecular weight excluding hydrogens is 490 g/mol. The van der Waals surface area contributed by atoms with Crippen molar-refractivity contribution >= 4 is 34.2 Å². The van der Waals surface area contributed by atoms with Crippen LogP contribution in [-0.4, -0.2) is 35.0 Å². The van der Waals surface area contributed by atoms with Crippen LogP contribution in [0.1, 0.15) is 36.5 Å². The number of hydrogen-bond acceptors (Lipinski definition) is 5. The molecule has 8 nitrogen and oxygen atoms in total. The molecule has 1 saturated carbocycles. The van der Waals surface area contributed by atoms with Crippen LogP contribution in [0.25, 0.3) is 33.3 Å². The number of methoxy groups -OCH3 is 1. The molecule has 8 heteroatoms. The van der Waals surface area contributed by atoms with Crippen LogP contribution in [0.15, 0.2) is 66.9 Å². The second kappa shape index (κ2) is 10.6. The third kappa shape index (κ3) is 4.97. The molecule has 1 aliphatic rings. The number of aryl methyl sites for hydroxylation is 1. The van der Waals surface area contributed by atoms with Gasteiger partial charge in [0.1, 0.15) is 11.6 Å². The Balaban J connectivity index is 1.58. The Morgan fingerprint density at radius 3 is 2.49 bits per heavy atom. The molecule has 5 rings (SSSR count). The van der Waals surface area contributed by atoms with E-state index in [0.717, 1.165) is 46.1 Å². The molecule has 4 aromatic rings. The molecule has 0 atom stereocenters. The number of nitrogen functional groups attached to an aromatic ring is 1. The van der Waals surface area contributed by atoms with E-state index in [0.29, 0.717) is 40.9 Å². The molecule has 2 heterocycles. The first-order valence-electron chi connectivity index (χ1n) is 13.0. The largest absolute Gasteiger partial charge is 0.496 e. The number of rotatable bonds is 8. The quantitative estimate of drug-likeness (QED) is 0.263. The van der Waals surface area contributed by atoms with Crippen LogP contribution in [0.5, 0.6) is 5.75 Å². The molecule has 2 aromatic heterocycles. The minimum Gasteiger partial charge on any atom is -0.496 e. The second-order valence-corrected chi connectivity index (χ2v) is 10.1. The summed E-state index contributed by atoms with van der Waals surface area (Å²) in [5.74, 6) is 1.10. The summed E-state index contributed by atoms with van der Waals surface area (Å²) >= 11 is 0. The maximum atomic E-state index is 13.0. The van der Waals surface area contributed by atoms with Crippen LogP contribution in [-0.2, 0) is 11.8 Å². The number of nitrogens with zero attached hydrogens (tertiary/aromatic N) is 2. The number of pyridine rings is 1. The van der Waals surface area contributed by atoms with Crippen molar-refractivity contribution in [2.75, 3.05) is 24.7 Å². The van der Waals surface area contributed by atoms with E-state index in [1.54, 1.807) is 26.3 Å². The van der Waals surface area contributed by atoms with Crippen LogP contribution in [0.3, 0.4) is 0 Å². The van der Waals surface area contributed by atoms with Crippen molar-refractivity contribution in [3.05, 3.63) is 72.4 Å². The van der Waals surface area contributed by atoms with Gasteiger partial charge in [0.05, 0.1) is 29.3 Å². The van der Waals surface area contributed by atoms with E-state index >= 15 is 0 Å². The van der Waals surface area contributed by atoms with Crippen molar-refractivity contribution in [2.24, 2.45) is 13.0 Å². The minimum atomic E-state index is -0.226. The highest BCUT2D eigenvalue weighted by atomic mass is 16.5. The Kier molecular flexibility index (Phi) is 7.11. The Labute approximate surface area is 227 Å². The van der Waals surface area contributed by atoms with Gasteiger partial charge in [0, 0.05) is 36.6 Å². The lowest BCUT2D eigenvalue weighted by Crippen LogP contribution is -2.32. The number of hydrogen-bond donors (Lipinski definition) is 3. The predicted octanol–water partition coefficient (Wildman–Crippen LogP) is 5.54. The first-order chi connectivity index (χ1) is 18.8. The van der Waals surface area contributed by atoms with Gasteiger partial charge in [0.15, 0.2) is 0 Å². The van der Waals surface area contributed by atoms with E-state index < -0.39 is 0 Å². The monoisotopic (exact) mass is 523 g/mol. The number of ether oxygens (including phenoxy) is 1. The average Bonchev–Trinajstić information content (AvgIpc) is 3.21. The number of benzene rings is 2. The van der Waals surface area contributed by atoms with Crippen LogP contribution in [0, 0.1) is 5.92 Å². The number of nitrogens with two attached hydrogens (primary N) is 1. The van der Waals surface area contributed by atoms with Crippen molar-refractivity contribution in [1.82, 2.24) is 14.9 Å². The zero-order chi connectivity index (χ0) is 27.7. The Morgan fingerprint density at radius 2 is 1.85 bits per heavy atom. The highest BCUT2D eigenvalue weighted by Gasteiger charge is 2.24. The van der Waals surface area contributed by atoms with Crippen LogP contribution in [0.2, 0.25) is 0 Å². The van der Waals surface area contributed by atoms with Gasteiger partial charge in [-0.15, -0.1) is 0 Å². The number of amides is 2. The zero-order valence-electron chi connectivity index (χ0n) is 22.5. The van der Waals surface area contributed by atoms with Gasteiger partial charge in [-0.2, -0.15) is 0 Å². The van der Waals surface area contributed by atoms with Crippen molar-refractivity contribution in [2.45, 2.75) is 26.2 Å². The Bertz CT molecular complexity index is 1580. The molecule has 0 aliphatic heterocycles. The van der Waals surface area contributed by atoms with E-state index in [9.17, 15) is 9.59 Å². The summed E-state index contributed by atoms with van der Waals surface area (Å²) in [6.45, 7) is 6.04. The van der Waals surface area contributed by atoms with Crippen molar-refractivity contribution in [1.29, 1.82) is 0 Å². The fourth-order valence-corrected chi connectivity index (χ4v) is 5.04. The zero-order valence-corrected chi connectivity index (χ0v) is 22.5. The molecule has 1 fully saturated rings. The third-order valence-electron chi connectivity index (χ3n) is 7.46. The number of fused-ring (bicyclic) bond motifs is 1. The summed E-state index contributed by atoms with van der Waals surface area (Å²) in [5, 5.41) is 6.71. The molecule has 1 aliphatic carbocycles. The van der Waals surface area contributed by atoms with E-state index in [-0.39, 0.29) is 11.8 Å². The van der Waals surface area contributed by atoms with Gasteiger partial charge in [-0.25, -0.2) is 4.98 Å². The number of aromatic nitrogens is 2. The van der Waals surface area contributed by atoms with Crippen molar-refractivity contribution in [3.8, 4) is 28.1 Å². The molecule has 0 saturated heterocycles. The standard InChI is InChI=1S/C31H33N5O3/c1-18(2)30(37)35-22-11-8-20(9-12-22)28-26(27-24(36(28)3)14-15-33-29(27)32)21-10-13-23(25(16-21)39-4)31(38)34-17-19-6-5-7-19/h8-16,19H,1,5-7,17H2,2-4H3,(H2,32,33)(H,34,38)(H,35,37). The predicted molar refractivity (Wildman–Crippen MR) is 156 cm³/mol. The van der Waals surface area contributed by atoms with Crippen LogP contribution in [0.4, 0.5) is 11.5 Å². The van der Waals surface area contributed by atoms with Crippen molar-refractivity contribution < 1.29 is 14.3 Å². The minimum absolute atomic E-state index is 0.142. The van der Waals surface area contributed by atoms with Crippen LogP contribution < -0.4 is 21.1 Å². The van der Waals surface area contributed by atoms with Gasteiger partial charge in [0.25, 0.3) is 11.8 Å². The van der Waals surface area contributed by atoms with Gasteiger partial charge in [0.2, 0.25) is 0 Å². The first kappa shape index (κ1) is 26.0. The lowest BCUT2D eigenvalue weighted by atomic mass is 9.85. The van der Waals surface area contributed by atoms with E-state index in [4.69, 9.17) is 10.5 Å². The summed E-state index contributed by atoms with van der Waals surface area (Å²) in [6, 6.07) is 15.2. The molecule has 0 radical (unpaired) electrons. The smallest absolute Gasteiger partial charge is 0.255 e. The number of nitrogens with one attached hydrogen (secondary N) is 2. The average molecular weight is 524 g/mol. The van der Waals surface area contributed by atoms with Gasteiger partial charge in [-0.1, -0.05) is 31.2 Å². The SMILES string of the molecule is C=C(C)C(=O)Nc1ccc(-c2c(-c3ccc(C(=O)NCC4CCC4)c(OC)c3)c3c(N)nccc3n2C)cc1. The number of carbonyl (C=O) groups excluding carboxylic acids is 2. The number of carbonyl (C=O) groups is 2. The lowest BCUT2D eigenvalue weighted by Gasteiger charge is -2.25. The topological polar surface area (TPSA) is 111 Å². The molecule has 0 spiro atoms. The summed E-state index contributed by atoms with van der Waals surface area (Å²) in [5.41, 5.74) is 12.5.